The Bertz CT molecular complexity index is 923. The molecule has 2 heterocycles. The fraction of sp³-hybridized carbons (Fsp3) is 0.278. The molecular weight excluding hydrogens is 352 g/mol. The van der Waals surface area contributed by atoms with Crippen molar-refractivity contribution in [3.05, 3.63) is 62.3 Å². The zero-order valence-electron chi connectivity index (χ0n) is 14.4. The Morgan fingerprint density at radius 1 is 1.40 bits per heavy atom. The van der Waals surface area contributed by atoms with Crippen molar-refractivity contribution in [3.63, 3.8) is 0 Å². The number of hydrogen-bond donors (Lipinski definition) is 1. The molecule has 2 aromatic heterocycles. The lowest BCUT2D eigenvalue weighted by atomic mass is 10.0. The lowest BCUT2D eigenvalue weighted by Crippen LogP contribution is -2.06. The third-order valence-corrected chi connectivity index (χ3v) is 4.78. The van der Waals surface area contributed by atoms with E-state index in [0.29, 0.717) is 16.5 Å². The largest absolute Gasteiger partial charge is 0.485 e. The van der Waals surface area contributed by atoms with Gasteiger partial charge in [0.15, 0.2) is 5.82 Å². The second-order valence-electron chi connectivity index (χ2n) is 6.00. The van der Waals surface area contributed by atoms with E-state index in [1.807, 2.05) is 17.5 Å². The molecule has 0 fully saturated rings. The highest BCUT2D eigenvalue weighted by Crippen LogP contribution is 2.28. The van der Waals surface area contributed by atoms with Crippen LogP contribution in [0.1, 0.15) is 41.6 Å². The second-order valence-corrected chi connectivity index (χ2v) is 7.37. The van der Waals surface area contributed by atoms with Crippen LogP contribution in [0.15, 0.2) is 40.8 Å². The summed E-state index contributed by atoms with van der Waals surface area (Å²) in [6.07, 6.45) is 1.77. The SMILES string of the molecule is Cc1ccc(C(C)C)c(OCc2n[nH]c(=S)n2/N=C\c2cccs2)c1. The number of aromatic amines is 1. The molecule has 0 unspecified atom stereocenters. The maximum absolute atomic E-state index is 6.04. The molecule has 130 valence electrons. The molecule has 0 aliphatic rings. The van der Waals surface area contributed by atoms with Gasteiger partial charge in [0.2, 0.25) is 4.77 Å². The van der Waals surface area contributed by atoms with E-state index in [9.17, 15) is 0 Å². The Morgan fingerprint density at radius 2 is 2.24 bits per heavy atom. The van der Waals surface area contributed by atoms with E-state index in [-0.39, 0.29) is 6.61 Å². The summed E-state index contributed by atoms with van der Waals surface area (Å²) in [6, 6.07) is 10.2. The summed E-state index contributed by atoms with van der Waals surface area (Å²) in [5, 5.41) is 13.4. The number of nitrogens with zero attached hydrogens (tertiary/aromatic N) is 3. The molecular formula is C18H20N4OS2. The molecule has 1 aromatic carbocycles. The lowest BCUT2D eigenvalue weighted by Gasteiger charge is -2.14. The smallest absolute Gasteiger partial charge is 0.216 e. The molecule has 0 aliphatic carbocycles. The van der Waals surface area contributed by atoms with Crippen molar-refractivity contribution in [2.45, 2.75) is 33.3 Å². The van der Waals surface area contributed by atoms with Gasteiger partial charge in [-0.15, -0.1) is 11.3 Å². The number of aromatic nitrogens is 3. The molecule has 25 heavy (non-hydrogen) atoms. The van der Waals surface area contributed by atoms with Crippen molar-refractivity contribution < 1.29 is 4.74 Å². The van der Waals surface area contributed by atoms with Crippen molar-refractivity contribution in [3.8, 4) is 5.75 Å². The highest BCUT2D eigenvalue weighted by molar-refractivity contribution is 7.71. The molecule has 0 atom stereocenters. The number of ether oxygens (including phenoxy) is 1. The second kappa shape index (κ2) is 7.76. The summed E-state index contributed by atoms with van der Waals surface area (Å²) >= 11 is 6.88. The number of hydrogen-bond acceptors (Lipinski definition) is 5. The average Bonchev–Trinajstić information content (AvgIpc) is 3.20. The topological polar surface area (TPSA) is 55.2 Å². The summed E-state index contributed by atoms with van der Waals surface area (Å²) in [6.45, 7) is 6.65. The first kappa shape index (κ1) is 17.6. The number of benzene rings is 1. The minimum absolute atomic E-state index is 0.290. The van der Waals surface area contributed by atoms with E-state index in [2.05, 4.69) is 54.3 Å². The average molecular weight is 373 g/mol. The summed E-state index contributed by atoms with van der Waals surface area (Å²) in [4.78, 5) is 1.05. The van der Waals surface area contributed by atoms with Crippen LogP contribution in [0.4, 0.5) is 0 Å². The van der Waals surface area contributed by atoms with Gasteiger partial charge in [-0.3, -0.25) is 0 Å². The number of aryl methyl sites for hydroxylation is 1. The van der Waals surface area contributed by atoms with Crippen LogP contribution >= 0.6 is 23.6 Å². The number of nitrogens with one attached hydrogen (secondary N) is 1. The van der Waals surface area contributed by atoms with Crippen molar-refractivity contribution in [1.29, 1.82) is 0 Å². The van der Waals surface area contributed by atoms with Gasteiger partial charge in [0.05, 0.1) is 6.21 Å². The van der Waals surface area contributed by atoms with Crippen molar-refractivity contribution in [2.75, 3.05) is 0 Å². The fourth-order valence-electron chi connectivity index (χ4n) is 2.40. The molecule has 0 aliphatic heterocycles. The van der Waals surface area contributed by atoms with Crippen LogP contribution in [0.3, 0.4) is 0 Å². The third kappa shape index (κ3) is 4.24. The molecule has 5 nitrogen and oxygen atoms in total. The van der Waals surface area contributed by atoms with Gasteiger partial charge in [-0.25, -0.2) is 5.10 Å². The monoisotopic (exact) mass is 372 g/mol. The molecule has 0 amide bonds. The Labute approximate surface area is 156 Å². The van der Waals surface area contributed by atoms with Gasteiger partial charge >= 0.3 is 0 Å². The van der Waals surface area contributed by atoms with Gasteiger partial charge in [-0.2, -0.15) is 14.9 Å². The van der Waals surface area contributed by atoms with E-state index < -0.39 is 0 Å². The van der Waals surface area contributed by atoms with Gasteiger partial charge in [0.25, 0.3) is 0 Å². The first-order chi connectivity index (χ1) is 12.0. The molecule has 0 radical (unpaired) electrons. The van der Waals surface area contributed by atoms with Gasteiger partial charge in [-0.05, 0) is 53.7 Å². The lowest BCUT2D eigenvalue weighted by molar-refractivity contribution is 0.286. The predicted molar refractivity (Wildman–Crippen MR) is 104 cm³/mol. The Morgan fingerprint density at radius 3 is 2.96 bits per heavy atom. The van der Waals surface area contributed by atoms with E-state index in [1.165, 1.54) is 5.56 Å². The predicted octanol–water partition coefficient (Wildman–Crippen LogP) is 4.90. The van der Waals surface area contributed by atoms with Gasteiger partial charge in [0.1, 0.15) is 12.4 Å². The van der Waals surface area contributed by atoms with Crippen LogP contribution in [0.2, 0.25) is 0 Å². The molecule has 0 spiro atoms. The van der Waals surface area contributed by atoms with E-state index in [1.54, 1.807) is 22.2 Å². The standard InChI is InChI=1S/C18H20N4OS2/c1-12(2)15-7-6-13(3)9-16(15)23-11-17-20-21-18(24)22(17)19-10-14-5-4-8-25-14/h4-10,12H,11H2,1-3H3,(H,21,24)/b19-10-. The first-order valence-corrected chi connectivity index (χ1v) is 9.31. The normalized spacial score (nSPS) is 11.5. The minimum atomic E-state index is 0.290. The molecule has 0 bridgehead atoms. The van der Waals surface area contributed by atoms with Gasteiger partial charge < -0.3 is 4.74 Å². The van der Waals surface area contributed by atoms with Crippen LogP contribution in [0, 0.1) is 11.7 Å². The van der Waals surface area contributed by atoms with Crippen molar-refractivity contribution in [2.24, 2.45) is 5.10 Å². The van der Waals surface area contributed by atoms with Crippen LogP contribution < -0.4 is 4.74 Å². The van der Waals surface area contributed by atoms with Crippen molar-refractivity contribution in [1.82, 2.24) is 14.9 Å². The summed E-state index contributed by atoms with van der Waals surface area (Å²) in [7, 11) is 0. The molecule has 3 rings (SSSR count). The molecule has 7 heteroatoms. The highest BCUT2D eigenvalue weighted by Gasteiger charge is 2.11. The fourth-order valence-corrected chi connectivity index (χ4v) is 3.18. The Kier molecular flexibility index (Phi) is 5.45. The highest BCUT2D eigenvalue weighted by atomic mass is 32.1. The molecule has 1 N–H and O–H groups in total. The van der Waals surface area contributed by atoms with Gasteiger partial charge in [-0.1, -0.05) is 32.0 Å². The number of rotatable bonds is 6. The number of H-pyrrole nitrogens is 1. The van der Waals surface area contributed by atoms with Crippen LogP contribution in [-0.4, -0.2) is 21.1 Å². The quantitative estimate of drug-likeness (QED) is 0.495. The summed E-state index contributed by atoms with van der Waals surface area (Å²) < 4.78 is 8.08. The minimum Gasteiger partial charge on any atom is -0.485 e. The number of thiophene rings is 1. The summed E-state index contributed by atoms with van der Waals surface area (Å²) in [5.41, 5.74) is 2.34. The maximum Gasteiger partial charge on any atom is 0.216 e. The Balaban J connectivity index is 1.81. The van der Waals surface area contributed by atoms with Crippen LogP contribution in [0.5, 0.6) is 5.75 Å². The Hall–Kier alpha value is -2.25. The molecule has 3 aromatic rings. The maximum atomic E-state index is 6.04. The zero-order chi connectivity index (χ0) is 17.8. The van der Waals surface area contributed by atoms with Crippen LogP contribution in [-0.2, 0) is 6.61 Å². The van der Waals surface area contributed by atoms with Gasteiger partial charge in [0, 0.05) is 4.88 Å². The molecule has 0 saturated heterocycles. The molecule has 0 saturated carbocycles. The first-order valence-electron chi connectivity index (χ1n) is 8.02. The van der Waals surface area contributed by atoms with Crippen molar-refractivity contribution >= 4 is 29.8 Å². The van der Waals surface area contributed by atoms with E-state index in [4.69, 9.17) is 17.0 Å². The van der Waals surface area contributed by atoms with E-state index >= 15 is 0 Å². The van der Waals surface area contributed by atoms with E-state index in [0.717, 1.165) is 16.2 Å². The third-order valence-electron chi connectivity index (χ3n) is 3.71. The summed E-state index contributed by atoms with van der Waals surface area (Å²) in [5.74, 6) is 1.89. The van der Waals surface area contributed by atoms with Crippen LogP contribution in [0.25, 0.3) is 0 Å². The zero-order valence-corrected chi connectivity index (χ0v) is 16.0.